The fourth-order valence-electron chi connectivity index (χ4n) is 1.26. The van der Waals surface area contributed by atoms with Gasteiger partial charge in [-0.15, -0.1) is 11.8 Å². The molecule has 1 aromatic carbocycles. The van der Waals surface area contributed by atoms with Crippen LogP contribution in [0.5, 0.6) is 0 Å². The van der Waals surface area contributed by atoms with E-state index in [-0.39, 0.29) is 0 Å². The zero-order valence-corrected chi connectivity index (χ0v) is 11.1. The van der Waals surface area contributed by atoms with Gasteiger partial charge in [0.2, 0.25) is 0 Å². The van der Waals surface area contributed by atoms with E-state index in [2.05, 4.69) is 37.9 Å². The number of nitrogens with zero attached hydrogens (tertiary/aromatic N) is 1. The van der Waals surface area contributed by atoms with Gasteiger partial charge in [-0.25, -0.2) is 0 Å². The molecule has 2 nitrogen and oxygen atoms in total. The molecule has 0 aliphatic rings. The highest BCUT2D eigenvalue weighted by Crippen LogP contribution is 2.17. The van der Waals surface area contributed by atoms with Gasteiger partial charge < -0.3 is 5.73 Å². The molecular formula is C13H20N2S. The van der Waals surface area contributed by atoms with Crippen LogP contribution in [-0.4, -0.2) is 18.1 Å². The van der Waals surface area contributed by atoms with Crippen LogP contribution in [0, 0.1) is 5.92 Å². The monoisotopic (exact) mass is 236 g/mol. The maximum atomic E-state index is 5.91. The Morgan fingerprint density at radius 3 is 2.44 bits per heavy atom. The fourth-order valence-corrected chi connectivity index (χ4v) is 1.92. The second kappa shape index (κ2) is 6.59. The Balaban J connectivity index is 2.69. The first-order chi connectivity index (χ1) is 7.63. The van der Waals surface area contributed by atoms with Crippen LogP contribution >= 0.6 is 11.8 Å². The highest BCUT2D eigenvalue weighted by atomic mass is 32.2. The van der Waals surface area contributed by atoms with Crippen molar-refractivity contribution >= 4 is 17.6 Å². The number of benzene rings is 1. The molecule has 3 heteroatoms. The minimum absolute atomic E-state index is 0.550. The average Bonchev–Trinajstić information content (AvgIpc) is 2.27. The number of rotatable bonds is 5. The summed E-state index contributed by atoms with van der Waals surface area (Å²) in [4.78, 5) is 5.64. The molecule has 16 heavy (non-hydrogen) atoms. The molecule has 1 aromatic rings. The number of thioether (sulfide) groups is 1. The predicted molar refractivity (Wildman–Crippen MR) is 73.3 cm³/mol. The van der Waals surface area contributed by atoms with Crippen molar-refractivity contribution < 1.29 is 0 Å². The molecule has 0 atom stereocenters. The number of aliphatic imine (C=N–C) groups is 1. The molecule has 0 bridgehead atoms. The van der Waals surface area contributed by atoms with Crippen molar-refractivity contribution in [3.8, 4) is 0 Å². The van der Waals surface area contributed by atoms with Gasteiger partial charge in [0.25, 0.3) is 0 Å². The van der Waals surface area contributed by atoms with Gasteiger partial charge in [0.1, 0.15) is 5.84 Å². The molecule has 2 N–H and O–H groups in total. The van der Waals surface area contributed by atoms with Crippen LogP contribution < -0.4 is 5.73 Å². The largest absolute Gasteiger partial charge is 0.384 e. The number of amidine groups is 1. The van der Waals surface area contributed by atoms with Gasteiger partial charge >= 0.3 is 0 Å². The Bertz CT molecular complexity index is 341. The fraction of sp³-hybridized carbons (Fsp3) is 0.462. The summed E-state index contributed by atoms with van der Waals surface area (Å²) in [5.41, 5.74) is 6.93. The summed E-state index contributed by atoms with van der Waals surface area (Å²) >= 11 is 1.83. The first-order valence-corrected chi connectivity index (χ1v) is 6.65. The first-order valence-electron chi connectivity index (χ1n) is 5.66. The number of nitrogens with two attached hydrogens (primary N) is 1. The predicted octanol–water partition coefficient (Wildman–Crippen LogP) is 3.16. The second-order valence-electron chi connectivity index (χ2n) is 4.08. The van der Waals surface area contributed by atoms with Crippen molar-refractivity contribution in [1.82, 2.24) is 0 Å². The molecule has 0 amide bonds. The summed E-state index contributed by atoms with van der Waals surface area (Å²) in [5.74, 6) is 2.28. The lowest BCUT2D eigenvalue weighted by Crippen LogP contribution is -2.14. The Hall–Kier alpha value is -0.960. The Labute approximate surface area is 102 Å². The topological polar surface area (TPSA) is 38.4 Å². The standard InChI is InChI=1S/C13H20N2S/c1-4-16-12-7-5-11(6-8-12)13(14)15-9-10(2)3/h5-8,10H,4,9H2,1-3H3,(H2,14,15). The van der Waals surface area contributed by atoms with Crippen LogP contribution in [0.2, 0.25) is 0 Å². The van der Waals surface area contributed by atoms with Crippen LogP contribution in [0.3, 0.4) is 0 Å². The molecular weight excluding hydrogens is 216 g/mol. The summed E-state index contributed by atoms with van der Waals surface area (Å²) in [5, 5.41) is 0. The van der Waals surface area contributed by atoms with Gasteiger partial charge in [-0.05, 0) is 23.8 Å². The van der Waals surface area contributed by atoms with E-state index < -0.39 is 0 Å². The maximum Gasteiger partial charge on any atom is 0.125 e. The van der Waals surface area contributed by atoms with Gasteiger partial charge in [-0.2, -0.15) is 0 Å². The lowest BCUT2D eigenvalue weighted by molar-refractivity contribution is 0.665. The van der Waals surface area contributed by atoms with Crippen molar-refractivity contribution in [2.45, 2.75) is 25.7 Å². The normalized spacial score (nSPS) is 12.1. The van der Waals surface area contributed by atoms with Gasteiger partial charge in [0, 0.05) is 17.0 Å². The molecule has 0 unspecified atom stereocenters. The van der Waals surface area contributed by atoms with Crippen LogP contribution in [0.25, 0.3) is 0 Å². The summed E-state index contributed by atoms with van der Waals surface area (Å²) in [6, 6.07) is 8.27. The minimum Gasteiger partial charge on any atom is -0.384 e. The Kier molecular flexibility index (Phi) is 5.39. The molecule has 0 saturated carbocycles. The van der Waals surface area contributed by atoms with E-state index in [0.29, 0.717) is 11.8 Å². The molecule has 0 heterocycles. The number of hydrogen-bond donors (Lipinski definition) is 1. The minimum atomic E-state index is 0.550. The highest BCUT2D eigenvalue weighted by molar-refractivity contribution is 7.99. The molecule has 0 fully saturated rings. The van der Waals surface area contributed by atoms with Crippen LogP contribution in [-0.2, 0) is 0 Å². The molecule has 1 rings (SSSR count). The first kappa shape index (κ1) is 13.1. The second-order valence-corrected chi connectivity index (χ2v) is 5.41. The third kappa shape index (κ3) is 4.27. The zero-order valence-electron chi connectivity index (χ0n) is 10.2. The van der Waals surface area contributed by atoms with E-state index >= 15 is 0 Å². The molecule has 0 aliphatic carbocycles. The van der Waals surface area contributed by atoms with Crippen molar-refractivity contribution in [3.63, 3.8) is 0 Å². The van der Waals surface area contributed by atoms with E-state index in [1.54, 1.807) is 0 Å². The molecule has 0 spiro atoms. The Morgan fingerprint density at radius 2 is 1.94 bits per heavy atom. The van der Waals surface area contributed by atoms with Crippen molar-refractivity contribution in [2.75, 3.05) is 12.3 Å². The van der Waals surface area contributed by atoms with Gasteiger partial charge in [0.05, 0.1) is 0 Å². The van der Waals surface area contributed by atoms with E-state index in [1.807, 2.05) is 23.9 Å². The van der Waals surface area contributed by atoms with E-state index in [1.165, 1.54) is 4.90 Å². The number of hydrogen-bond acceptors (Lipinski definition) is 2. The highest BCUT2D eigenvalue weighted by Gasteiger charge is 1.99. The van der Waals surface area contributed by atoms with Gasteiger partial charge in [-0.3, -0.25) is 4.99 Å². The van der Waals surface area contributed by atoms with Crippen molar-refractivity contribution in [3.05, 3.63) is 29.8 Å². The van der Waals surface area contributed by atoms with Crippen LogP contribution in [0.1, 0.15) is 26.3 Å². The van der Waals surface area contributed by atoms with Crippen LogP contribution in [0.15, 0.2) is 34.2 Å². The third-order valence-electron chi connectivity index (χ3n) is 2.09. The lowest BCUT2D eigenvalue weighted by atomic mass is 10.2. The van der Waals surface area contributed by atoms with E-state index in [0.717, 1.165) is 17.9 Å². The maximum absolute atomic E-state index is 5.91. The van der Waals surface area contributed by atoms with E-state index in [4.69, 9.17) is 5.73 Å². The molecule has 88 valence electrons. The zero-order chi connectivity index (χ0) is 12.0. The quantitative estimate of drug-likeness (QED) is 0.484. The lowest BCUT2D eigenvalue weighted by Gasteiger charge is -2.04. The summed E-state index contributed by atoms with van der Waals surface area (Å²) in [7, 11) is 0. The SMILES string of the molecule is CCSc1ccc(C(N)=NCC(C)C)cc1. The summed E-state index contributed by atoms with van der Waals surface area (Å²) in [6.07, 6.45) is 0. The van der Waals surface area contributed by atoms with Gasteiger partial charge in [0.15, 0.2) is 0 Å². The van der Waals surface area contributed by atoms with Crippen molar-refractivity contribution in [2.24, 2.45) is 16.6 Å². The molecule has 0 radical (unpaired) electrons. The molecule has 0 aliphatic heterocycles. The molecule has 0 saturated heterocycles. The summed E-state index contributed by atoms with van der Waals surface area (Å²) < 4.78 is 0. The third-order valence-corrected chi connectivity index (χ3v) is 2.98. The van der Waals surface area contributed by atoms with E-state index in [9.17, 15) is 0 Å². The van der Waals surface area contributed by atoms with Crippen LogP contribution in [0.4, 0.5) is 0 Å². The summed E-state index contributed by atoms with van der Waals surface area (Å²) in [6.45, 7) is 7.21. The van der Waals surface area contributed by atoms with Gasteiger partial charge in [-0.1, -0.05) is 32.9 Å². The van der Waals surface area contributed by atoms with Crippen molar-refractivity contribution in [1.29, 1.82) is 0 Å². The Morgan fingerprint density at radius 1 is 1.31 bits per heavy atom. The smallest absolute Gasteiger partial charge is 0.125 e. The molecule has 0 aromatic heterocycles. The average molecular weight is 236 g/mol.